The second-order valence-electron chi connectivity index (χ2n) is 2.29. The fraction of sp³-hybridized carbons (Fsp3) is 0.111. The van der Waals surface area contributed by atoms with Crippen LogP contribution >= 0.6 is 0 Å². The van der Waals surface area contributed by atoms with Crippen molar-refractivity contribution in [2.75, 3.05) is 6.61 Å². The summed E-state index contributed by atoms with van der Waals surface area (Å²) in [6.07, 6.45) is 3.46. The molecule has 0 aliphatic rings. The average molecular weight is 166 g/mol. The van der Waals surface area contributed by atoms with Crippen molar-refractivity contribution in [1.29, 1.82) is 0 Å². The Morgan fingerprint density at radius 3 is 2.50 bits per heavy atom. The van der Waals surface area contributed by atoms with Gasteiger partial charge in [0.25, 0.3) is 0 Å². The van der Waals surface area contributed by atoms with E-state index in [0.717, 1.165) is 5.56 Å². The van der Waals surface area contributed by atoms with Gasteiger partial charge in [0.1, 0.15) is 12.4 Å². The van der Waals surface area contributed by atoms with Crippen molar-refractivity contribution in [2.45, 2.75) is 0 Å². The van der Waals surface area contributed by atoms with E-state index in [1.807, 2.05) is 0 Å². The molecule has 0 spiro atoms. The van der Waals surface area contributed by atoms with Crippen LogP contribution in [0.1, 0.15) is 5.56 Å². The summed E-state index contributed by atoms with van der Waals surface area (Å²) in [4.78, 5) is 3.85. The highest BCUT2D eigenvalue weighted by atomic mass is 17.1. The number of hydrogen-bond donors (Lipinski definition) is 2. The highest BCUT2D eigenvalue weighted by Gasteiger charge is 1.86. The second-order valence-corrected chi connectivity index (χ2v) is 2.29. The van der Waals surface area contributed by atoms with Gasteiger partial charge in [-0.1, -0.05) is 24.3 Å². The lowest BCUT2D eigenvalue weighted by atomic mass is 10.2. The van der Waals surface area contributed by atoms with Crippen LogP contribution in [-0.4, -0.2) is 17.0 Å². The predicted octanol–water partition coefficient (Wildman–Crippen LogP) is 1.89. The van der Waals surface area contributed by atoms with E-state index in [1.54, 1.807) is 36.4 Å². The van der Waals surface area contributed by atoms with E-state index in [2.05, 4.69) is 4.89 Å². The number of hydrogen-bond acceptors (Lipinski definition) is 3. The minimum Gasteiger partial charge on any atom is -0.508 e. The lowest BCUT2D eigenvalue weighted by Crippen LogP contribution is -1.80. The van der Waals surface area contributed by atoms with E-state index in [9.17, 15) is 0 Å². The standard InChI is InChI=1S/C9H10O3/c10-9-5-3-8(4-6-9)2-1-7-12-11/h1-6,10-11H,7H2. The predicted molar refractivity (Wildman–Crippen MR) is 45.7 cm³/mol. The van der Waals surface area contributed by atoms with Gasteiger partial charge in [-0.05, 0) is 17.7 Å². The molecule has 0 fully saturated rings. The summed E-state index contributed by atoms with van der Waals surface area (Å²) in [5.74, 6) is 0.241. The Morgan fingerprint density at radius 1 is 1.25 bits per heavy atom. The highest BCUT2D eigenvalue weighted by molar-refractivity contribution is 5.50. The average Bonchev–Trinajstić information content (AvgIpc) is 2.09. The summed E-state index contributed by atoms with van der Waals surface area (Å²) in [6.45, 7) is 0.168. The molecule has 0 atom stereocenters. The van der Waals surface area contributed by atoms with Gasteiger partial charge in [-0.2, -0.15) is 0 Å². The first-order valence-corrected chi connectivity index (χ1v) is 3.55. The minimum atomic E-state index is 0.168. The third-order valence-corrected chi connectivity index (χ3v) is 1.37. The molecule has 3 heteroatoms. The summed E-state index contributed by atoms with van der Waals surface area (Å²) >= 11 is 0. The Morgan fingerprint density at radius 2 is 1.92 bits per heavy atom. The Bertz CT molecular complexity index is 251. The number of phenols is 1. The van der Waals surface area contributed by atoms with Crippen LogP contribution in [-0.2, 0) is 4.89 Å². The summed E-state index contributed by atoms with van der Waals surface area (Å²) in [5.41, 5.74) is 0.949. The summed E-state index contributed by atoms with van der Waals surface area (Å²) < 4.78 is 0. The molecular formula is C9H10O3. The van der Waals surface area contributed by atoms with Crippen LogP contribution in [0.4, 0.5) is 0 Å². The van der Waals surface area contributed by atoms with E-state index < -0.39 is 0 Å². The van der Waals surface area contributed by atoms with E-state index in [0.29, 0.717) is 0 Å². The zero-order chi connectivity index (χ0) is 8.81. The molecule has 1 rings (SSSR count). The fourth-order valence-corrected chi connectivity index (χ4v) is 0.813. The van der Waals surface area contributed by atoms with Crippen molar-refractivity contribution in [1.82, 2.24) is 0 Å². The first-order chi connectivity index (χ1) is 5.83. The first kappa shape index (κ1) is 8.77. The largest absolute Gasteiger partial charge is 0.508 e. The van der Waals surface area contributed by atoms with Crippen LogP contribution in [0.2, 0.25) is 0 Å². The summed E-state index contributed by atoms with van der Waals surface area (Å²) in [7, 11) is 0. The molecule has 0 radical (unpaired) electrons. The Balaban J connectivity index is 2.58. The van der Waals surface area contributed by atoms with Crippen molar-refractivity contribution in [3.8, 4) is 5.75 Å². The monoisotopic (exact) mass is 166 g/mol. The van der Waals surface area contributed by atoms with Gasteiger partial charge in [-0.15, -0.1) is 0 Å². The molecule has 0 unspecified atom stereocenters. The summed E-state index contributed by atoms with van der Waals surface area (Å²) in [6, 6.07) is 6.73. The number of rotatable bonds is 3. The lowest BCUT2D eigenvalue weighted by molar-refractivity contribution is -0.231. The topological polar surface area (TPSA) is 49.7 Å². The molecule has 0 heterocycles. The molecule has 1 aromatic rings. The molecule has 12 heavy (non-hydrogen) atoms. The van der Waals surface area contributed by atoms with E-state index in [4.69, 9.17) is 10.4 Å². The molecular weight excluding hydrogens is 156 g/mol. The lowest BCUT2D eigenvalue weighted by Gasteiger charge is -1.93. The van der Waals surface area contributed by atoms with Gasteiger partial charge in [0.15, 0.2) is 0 Å². The Kier molecular flexibility index (Phi) is 3.32. The van der Waals surface area contributed by atoms with Crippen LogP contribution in [0.3, 0.4) is 0 Å². The van der Waals surface area contributed by atoms with Gasteiger partial charge >= 0.3 is 0 Å². The van der Waals surface area contributed by atoms with Crippen LogP contribution in [0, 0.1) is 0 Å². The molecule has 64 valence electrons. The SMILES string of the molecule is OOCC=Cc1ccc(O)cc1. The molecule has 1 aromatic carbocycles. The zero-order valence-electron chi connectivity index (χ0n) is 6.47. The first-order valence-electron chi connectivity index (χ1n) is 3.55. The van der Waals surface area contributed by atoms with Crippen molar-refractivity contribution < 1.29 is 15.3 Å². The molecule has 2 N–H and O–H groups in total. The molecule has 0 saturated heterocycles. The number of benzene rings is 1. The van der Waals surface area contributed by atoms with Crippen molar-refractivity contribution in [2.24, 2.45) is 0 Å². The second kappa shape index (κ2) is 4.54. The maximum atomic E-state index is 8.94. The van der Waals surface area contributed by atoms with E-state index in [-0.39, 0.29) is 12.4 Å². The maximum Gasteiger partial charge on any atom is 0.115 e. The number of phenolic OH excluding ortho intramolecular Hbond substituents is 1. The van der Waals surface area contributed by atoms with E-state index >= 15 is 0 Å². The highest BCUT2D eigenvalue weighted by Crippen LogP contribution is 2.10. The van der Waals surface area contributed by atoms with Crippen LogP contribution in [0.15, 0.2) is 30.3 Å². The molecule has 0 aliphatic heterocycles. The van der Waals surface area contributed by atoms with Crippen molar-refractivity contribution in [3.63, 3.8) is 0 Å². The normalized spacial score (nSPS) is 10.8. The van der Waals surface area contributed by atoms with Crippen molar-refractivity contribution >= 4 is 6.08 Å². The molecule has 3 nitrogen and oxygen atoms in total. The molecule has 0 bridgehead atoms. The Hall–Kier alpha value is -1.32. The van der Waals surface area contributed by atoms with Crippen molar-refractivity contribution in [3.05, 3.63) is 35.9 Å². The maximum absolute atomic E-state index is 8.94. The van der Waals surface area contributed by atoms with Gasteiger partial charge in [0.05, 0.1) is 0 Å². The van der Waals surface area contributed by atoms with Crippen LogP contribution in [0.5, 0.6) is 5.75 Å². The van der Waals surface area contributed by atoms with Gasteiger partial charge < -0.3 is 5.11 Å². The van der Waals surface area contributed by atoms with Gasteiger partial charge in [0.2, 0.25) is 0 Å². The zero-order valence-corrected chi connectivity index (χ0v) is 6.47. The molecule has 0 aliphatic carbocycles. The van der Waals surface area contributed by atoms with Crippen LogP contribution in [0.25, 0.3) is 6.08 Å². The summed E-state index contributed by atoms with van der Waals surface area (Å²) in [5, 5.41) is 16.9. The third-order valence-electron chi connectivity index (χ3n) is 1.37. The third kappa shape index (κ3) is 2.74. The molecule has 0 aromatic heterocycles. The smallest absolute Gasteiger partial charge is 0.115 e. The minimum absolute atomic E-state index is 0.168. The molecule has 0 saturated carbocycles. The Labute approximate surface area is 70.5 Å². The van der Waals surface area contributed by atoms with Crippen LogP contribution < -0.4 is 0 Å². The van der Waals surface area contributed by atoms with Gasteiger partial charge in [-0.25, -0.2) is 4.89 Å². The fourth-order valence-electron chi connectivity index (χ4n) is 0.813. The molecule has 0 amide bonds. The van der Waals surface area contributed by atoms with Gasteiger partial charge in [-0.3, -0.25) is 5.26 Å². The quantitative estimate of drug-likeness (QED) is 0.532. The van der Waals surface area contributed by atoms with Gasteiger partial charge in [0, 0.05) is 0 Å². The number of aromatic hydroxyl groups is 1. The van der Waals surface area contributed by atoms with E-state index in [1.165, 1.54) is 0 Å².